The van der Waals surface area contributed by atoms with Gasteiger partial charge in [0.2, 0.25) is 5.91 Å². The van der Waals surface area contributed by atoms with Gasteiger partial charge >= 0.3 is 0 Å². The van der Waals surface area contributed by atoms with E-state index >= 15 is 0 Å². The zero-order valence-corrected chi connectivity index (χ0v) is 10.0. The zero-order valence-electron chi connectivity index (χ0n) is 10.0. The van der Waals surface area contributed by atoms with Crippen LogP contribution in [0.5, 0.6) is 0 Å². The van der Waals surface area contributed by atoms with E-state index in [0.717, 1.165) is 36.1 Å². The Balaban J connectivity index is 2.44. The summed E-state index contributed by atoms with van der Waals surface area (Å²) >= 11 is 0. The molecular weight excluding hydrogens is 214 g/mol. The van der Waals surface area contributed by atoms with E-state index in [-0.39, 0.29) is 12.5 Å². The van der Waals surface area contributed by atoms with Crippen molar-refractivity contribution in [1.82, 2.24) is 9.55 Å². The highest BCUT2D eigenvalue weighted by Crippen LogP contribution is 2.17. The number of benzene rings is 1. The molecule has 1 aromatic carbocycles. The number of nitrogens with zero attached hydrogens (tertiary/aromatic N) is 2. The Morgan fingerprint density at radius 1 is 1.41 bits per heavy atom. The molecule has 0 radical (unpaired) electrons. The van der Waals surface area contributed by atoms with Crippen LogP contribution in [0.25, 0.3) is 11.0 Å². The van der Waals surface area contributed by atoms with E-state index in [2.05, 4.69) is 11.9 Å². The fourth-order valence-electron chi connectivity index (χ4n) is 1.98. The number of imidazole rings is 1. The summed E-state index contributed by atoms with van der Waals surface area (Å²) in [6.07, 6.45) is 3.07. The van der Waals surface area contributed by atoms with Crippen molar-refractivity contribution in [3.8, 4) is 0 Å². The first-order valence-electron chi connectivity index (χ1n) is 5.95. The third-order valence-corrected chi connectivity index (χ3v) is 2.80. The Hall–Kier alpha value is -1.84. The molecule has 2 N–H and O–H groups in total. The summed E-state index contributed by atoms with van der Waals surface area (Å²) in [4.78, 5) is 15.7. The van der Waals surface area contributed by atoms with Crippen molar-refractivity contribution in [2.24, 2.45) is 5.73 Å². The minimum atomic E-state index is -0.328. The van der Waals surface area contributed by atoms with Crippen LogP contribution in [-0.2, 0) is 17.8 Å². The van der Waals surface area contributed by atoms with Crippen molar-refractivity contribution < 1.29 is 4.79 Å². The molecule has 4 heteroatoms. The van der Waals surface area contributed by atoms with Crippen LogP contribution >= 0.6 is 0 Å². The van der Waals surface area contributed by atoms with Crippen LogP contribution in [-0.4, -0.2) is 15.5 Å². The Labute approximate surface area is 100 Å². The molecular formula is C13H17N3O. The zero-order chi connectivity index (χ0) is 12.3. The highest BCUT2D eigenvalue weighted by Gasteiger charge is 2.11. The fraction of sp³-hybridized carbons (Fsp3) is 0.385. The van der Waals surface area contributed by atoms with Gasteiger partial charge in [-0.3, -0.25) is 4.79 Å². The molecule has 90 valence electrons. The smallest absolute Gasteiger partial charge is 0.237 e. The van der Waals surface area contributed by atoms with E-state index in [9.17, 15) is 4.79 Å². The van der Waals surface area contributed by atoms with Crippen LogP contribution in [0.1, 0.15) is 25.6 Å². The number of carbonyl (C=O) groups excluding carboxylic acids is 1. The van der Waals surface area contributed by atoms with E-state index in [0.29, 0.717) is 0 Å². The Morgan fingerprint density at radius 3 is 2.88 bits per heavy atom. The number of hydrogen-bond donors (Lipinski definition) is 1. The second-order valence-corrected chi connectivity index (χ2v) is 4.17. The molecule has 2 aromatic rings. The van der Waals surface area contributed by atoms with Gasteiger partial charge in [-0.2, -0.15) is 0 Å². The lowest BCUT2D eigenvalue weighted by Gasteiger charge is -2.05. The van der Waals surface area contributed by atoms with E-state index in [1.54, 1.807) is 0 Å². The van der Waals surface area contributed by atoms with E-state index in [1.165, 1.54) is 0 Å². The Kier molecular flexibility index (Phi) is 3.42. The van der Waals surface area contributed by atoms with Gasteiger partial charge in [-0.05, 0) is 18.6 Å². The van der Waals surface area contributed by atoms with Crippen molar-refractivity contribution in [3.63, 3.8) is 0 Å². The number of aryl methyl sites for hydroxylation is 1. The Bertz CT molecular complexity index is 530. The van der Waals surface area contributed by atoms with Gasteiger partial charge in [0.25, 0.3) is 0 Å². The molecule has 4 nitrogen and oxygen atoms in total. The predicted octanol–water partition coefficient (Wildman–Crippen LogP) is 1.86. The van der Waals surface area contributed by atoms with E-state index in [1.807, 2.05) is 28.8 Å². The van der Waals surface area contributed by atoms with Crippen molar-refractivity contribution >= 4 is 16.9 Å². The largest absolute Gasteiger partial charge is 0.368 e. The lowest BCUT2D eigenvalue weighted by atomic mass is 10.2. The molecule has 0 aliphatic heterocycles. The summed E-state index contributed by atoms with van der Waals surface area (Å²) in [6, 6.07) is 7.83. The standard InChI is InChI=1S/C13H17N3O/c1-2-3-8-13-15-10-6-4-5-7-11(10)16(13)9-12(14)17/h4-7H,2-3,8-9H2,1H3,(H2,14,17). The van der Waals surface area contributed by atoms with Crippen molar-refractivity contribution in [2.75, 3.05) is 0 Å². The highest BCUT2D eigenvalue weighted by atomic mass is 16.1. The van der Waals surface area contributed by atoms with Gasteiger partial charge in [0.1, 0.15) is 12.4 Å². The average Bonchev–Trinajstić information content (AvgIpc) is 2.64. The average molecular weight is 231 g/mol. The number of amides is 1. The first-order valence-corrected chi connectivity index (χ1v) is 5.95. The molecule has 0 bridgehead atoms. The quantitative estimate of drug-likeness (QED) is 0.853. The minimum Gasteiger partial charge on any atom is -0.368 e. The second-order valence-electron chi connectivity index (χ2n) is 4.17. The molecule has 0 saturated heterocycles. The number of carbonyl (C=O) groups is 1. The van der Waals surface area contributed by atoms with Crippen LogP contribution in [0, 0.1) is 0 Å². The molecule has 1 aromatic heterocycles. The molecule has 17 heavy (non-hydrogen) atoms. The Morgan fingerprint density at radius 2 is 2.18 bits per heavy atom. The first-order chi connectivity index (χ1) is 8.22. The van der Waals surface area contributed by atoms with E-state index < -0.39 is 0 Å². The molecule has 1 amide bonds. The van der Waals surface area contributed by atoms with Gasteiger partial charge < -0.3 is 10.3 Å². The summed E-state index contributed by atoms with van der Waals surface area (Å²) in [6.45, 7) is 2.35. The van der Waals surface area contributed by atoms with Gasteiger partial charge in [0.15, 0.2) is 0 Å². The number of aromatic nitrogens is 2. The van der Waals surface area contributed by atoms with E-state index in [4.69, 9.17) is 5.73 Å². The second kappa shape index (κ2) is 4.99. The van der Waals surface area contributed by atoms with Crippen molar-refractivity contribution in [2.45, 2.75) is 32.7 Å². The lowest BCUT2D eigenvalue weighted by Crippen LogP contribution is -2.20. The van der Waals surface area contributed by atoms with Crippen molar-refractivity contribution in [1.29, 1.82) is 0 Å². The maximum atomic E-state index is 11.1. The van der Waals surface area contributed by atoms with Crippen molar-refractivity contribution in [3.05, 3.63) is 30.1 Å². The number of para-hydroxylation sites is 2. The molecule has 0 fully saturated rings. The van der Waals surface area contributed by atoms with Gasteiger partial charge in [0, 0.05) is 6.42 Å². The highest BCUT2D eigenvalue weighted by molar-refractivity contribution is 5.80. The molecule has 0 unspecified atom stereocenters. The molecule has 2 rings (SSSR count). The number of unbranched alkanes of at least 4 members (excludes halogenated alkanes) is 1. The summed E-state index contributed by atoms with van der Waals surface area (Å²) in [7, 11) is 0. The normalized spacial score (nSPS) is 10.9. The predicted molar refractivity (Wildman–Crippen MR) is 67.5 cm³/mol. The monoisotopic (exact) mass is 231 g/mol. The molecule has 0 spiro atoms. The number of fused-ring (bicyclic) bond motifs is 1. The number of primary amides is 1. The third kappa shape index (κ3) is 2.46. The van der Waals surface area contributed by atoms with Gasteiger partial charge in [-0.15, -0.1) is 0 Å². The van der Waals surface area contributed by atoms with Gasteiger partial charge in [0.05, 0.1) is 11.0 Å². The maximum Gasteiger partial charge on any atom is 0.237 e. The summed E-state index contributed by atoms with van der Waals surface area (Å²) < 4.78 is 1.92. The molecule has 0 atom stereocenters. The summed E-state index contributed by atoms with van der Waals surface area (Å²) in [5.74, 6) is 0.623. The van der Waals surface area contributed by atoms with Crippen LogP contribution in [0.2, 0.25) is 0 Å². The molecule has 0 aliphatic rings. The topological polar surface area (TPSA) is 60.9 Å². The SMILES string of the molecule is CCCCc1nc2ccccc2n1CC(N)=O. The van der Waals surface area contributed by atoms with Crippen LogP contribution in [0.15, 0.2) is 24.3 Å². The van der Waals surface area contributed by atoms with Crippen LogP contribution in [0.3, 0.4) is 0 Å². The lowest BCUT2D eigenvalue weighted by molar-refractivity contribution is -0.118. The van der Waals surface area contributed by atoms with Gasteiger partial charge in [-0.25, -0.2) is 4.98 Å². The fourth-order valence-corrected chi connectivity index (χ4v) is 1.98. The summed E-state index contributed by atoms with van der Waals surface area (Å²) in [5.41, 5.74) is 7.20. The maximum absolute atomic E-state index is 11.1. The van der Waals surface area contributed by atoms with Crippen LogP contribution in [0.4, 0.5) is 0 Å². The molecule has 1 heterocycles. The number of hydrogen-bond acceptors (Lipinski definition) is 2. The summed E-state index contributed by atoms with van der Waals surface area (Å²) in [5, 5.41) is 0. The number of rotatable bonds is 5. The number of nitrogens with two attached hydrogens (primary N) is 1. The minimum absolute atomic E-state index is 0.208. The van der Waals surface area contributed by atoms with Crippen LogP contribution < -0.4 is 5.73 Å². The van der Waals surface area contributed by atoms with Gasteiger partial charge in [-0.1, -0.05) is 25.5 Å². The third-order valence-electron chi connectivity index (χ3n) is 2.80. The molecule has 0 aliphatic carbocycles. The first kappa shape index (κ1) is 11.6. The molecule has 0 saturated carbocycles.